The summed E-state index contributed by atoms with van der Waals surface area (Å²) in [6, 6.07) is 11.7. The molecule has 1 aliphatic rings. The number of ether oxygens (including phenoxy) is 1. The Morgan fingerprint density at radius 2 is 1.96 bits per heavy atom. The van der Waals surface area contributed by atoms with E-state index in [-0.39, 0.29) is 11.3 Å². The van der Waals surface area contributed by atoms with E-state index in [1.807, 2.05) is 6.07 Å². The summed E-state index contributed by atoms with van der Waals surface area (Å²) in [6.07, 6.45) is -0.447. The lowest BCUT2D eigenvalue weighted by atomic mass is 9.86. The van der Waals surface area contributed by atoms with Crippen LogP contribution >= 0.6 is 0 Å². The summed E-state index contributed by atoms with van der Waals surface area (Å²) in [5.74, 6) is 0.131. The quantitative estimate of drug-likeness (QED) is 0.750. The summed E-state index contributed by atoms with van der Waals surface area (Å²) in [5.41, 5.74) is 1.97. The van der Waals surface area contributed by atoms with Crippen LogP contribution in [0.3, 0.4) is 0 Å². The number of halogens is 2. The van der Waals surface area contributed by atoms with Crippen molar-refractivity contribution in [1.29, 1.82) is 0 Å². The van der Waals surface area contributed by atoms with Crippen LogP contribution in [-0.2, 0) is 6.42 Å². The highest BCUT2D eigenvalue weighted by Gasteiger charge is 2.30. The van der Waals surface area contributed by atoms with Crippen LogP contribution in [0.4, 0.5) is 8.78 Å². The van der Waals surface area contributed by atoms with Crippen LogP contribution in [0.15, 0.2) is 42.5 Å². The molecule has 1 aliphatic carbocycles. The second-order valence-corrected chi connectivity index (χ2v) is 5.76. The maximum absolute atomic E-state index is 13.3. The number of methoxy groups -OCH3 is 1. The van der Waals surface area contributed by atoms with E-state index in [0.717, 1.165) is 18.4 Å². The van der Waals surface area contributed by atoms with Crippen molar-refractivity contribution in [2.45, 2.75) is 31.6 Å². The Kier molecular flexibility index (Phi) is 4.42. The molecule has 0 N–H and O–H groups in total. The lowest BCUT2D eigenvalue weighted by Crippen LogP contribution is -2.14. The lowest BCUT2D eigenvalue weighted by molar-refractivity contribution is 0.0954. The molecule has 2 nitrogen and oxygen atoms in total. The topological polar surface area (TPSA) is 26.3 Å². The van der Waals surface area contributed by atoms with Crippen molar-refractivity contribution in [3.8, 4) is 5.75 Å². The third-order valence-electron chi connectivity index (χ3n) is 4.44. The van der Waals surface area contributed by atoms with E-state index in [0.29, 0.717) is 23.3 Å². The lowest BCUT2D eigenvalue weighted by Gasteiger charge is -2.18. The predicted octanol–water partition coefficient (Wildman–Crippen LogP) is 4.94. The normalized spacial score (nSPS) is 17.7. The molecule has 2 aromatic carbocycles. The van der Waals surface area contributed by atoms with Gasteiger partial charge in [-0.05, 0) is 48.6 Å². The predicted molar refractivity (Wildman–Crippen MR) is 84.4 cm³/mol. The smallest absolute Gasteiger partial charge is 0.264 e. The molecular weight excluding hydrogens is 298 g/mol. The summed E-state index contributed by atoms with van der Waals surface area (Å²) < 4.78 is 31.8. The molecule has 120 valence electrons. The van der Waals surface area contributed by atoms with Crippen LogP contribution in [0, 0.1) is 0 Å². The van der Waals surface area contributed by atoms with Crippen LogP contribution in [0.2, 0.25) is 0 Å². The molecule has 1 unspecified atom stereocenters. The van der Waals surface area contributed by atoms with Crippen LogP contribution < -0.4 is 4.74 Å². The van der Waals surface area contributed by atoms with Gasteiger partial charge in [-0.25, -0.2) is 8.78 Å². The van der Waals surface area contributed by atoms with Gasteiger partial charge >= 0.3 is 0 Å². The van der Waals surface area contributed by atoms with Crippen LogP contribution in [-0.4, -0.2) is 12.9 Å². The Hall–Kier alpha value is -2.23. The maximum atomic E-state index is 13.3. The minimum absolute atomic E-state index is 0.0391. The molecule has 0 aliphatic heterocycles. The molecule has 0 bridgehead atoms. The van der Waals surface area contributed by atoms with E-state index in [4.69, 9.17) is 4.74 Å². The highest BCUT2D eigenvalue weighted by atomic mass is 19.3. The molecular formula is C19H18F2O2. The number of rotatable bonds is 3. The maximum Gasteiger partial charge on any atom is 0.264 e. The highest BCUT2D eigenvalue weighted by molar-refractivity contribution is 6.02. The number of alkyl halides is 2. The third kappa shape index (κ3) is 2.98. The number of ketones is 1. The Morgan fingerprint density at radius 3 is 2.70 bits per heavy atom. The van der Waals surface area contributed by atoms with Gasteiger partial charge in [-0.2, -0.15) is 0 Å². The first-order valence-electron chi connectivity index (χ1n) is 7.70. The first-order chi connectivity index (χ1) is 11.1. The summed E-state index contributed by atoms with van der Waals surface area (Å²) in [4.78, 5) is 12.9. The van der Waals surface area contributed by atoms with Crippen LogP contribution in [0.1, 0.15) is 52.2 Å². The van der Waals surface area contributed by atoms with Crippen LogP contribution in [0.5, 0.6) is 5.75 Å². The molecule has 0 heterocycles. The van der Waals surface area contributed by atoms with Crippen LogP contribution in [0.25, 0.3) is 0 Å². The zero-order chi connectivity index (χ0) is 16.4. The average Bonchev–Trinajstić information content (AvgIpc) is 2.73. The van der Waals surface area contributed by atoms with Crippen molar-refractivity contribution in [2.75, 3.05) is 7.11 Å². The van der Waals surface area contributed by atoms with Gasteiger partial charge in [-0.1, -0.05) is 24.3 Å². The third-order valence-corrected chi connectivity index (χ3v) is 4.44. The largest absolute Gasteiger partial charge is 0.497 e. The first kappa shape index (κ1) is 15.7. The molecule has 23 heavy (non-hydrogen) atoms. The second-order valence-electron chi connectivity index (χ2n) is 5.76. The van der Waals surface area contributed by atoms with E-state index in [9.17, 15) is 13.6 Å². The van der Waals surface area contributed by atoms with Crippen molar-refractivity contribution >= 4 is 5.78 Å². The van der Waals surface area contributed by atoms with Crippen molar-refractivity contribution in [1.82, 2.24) is 0 Å². The van der Waals surface area contributed by atoms with Gasteiger partial charge in [0.2, 0.25) is 0 Å². The van der Waals surface area contributed by atoms with E-state index in [1.165, 1.54) is 6.07 Å². The van der Waals surface area contributed by atoms with E-state index < -0.39 is 12.3 Å². The van der Waals surface area contributed by atoms with Gasteiger partial charge in [0.05, 0.1) is 7.11 Å². The first-order valence-corrected chi connectivity index (χ1v) is 7.70. The monoisotopic (exact) mass is 316 g/mol. The molecule has 0 spiro atoms. The van der Waals surface area contributed by atoms with Gasteiger partial charge in [0, 0.05) is 17.0 Å². The summed E-state index contributed by atoms with van der Waals surface area (Å²) in [6.45, 7) is 0. The molecule has 0 saturated heterocycles. The van der Waals surface area contributed by atoms with Crippen molar-refractivity contribution < 1.29 is 18.3 Å². The van der Waals surface area contributed by atoms with Crippen molar-refractivity contribution in [2.24, 2.45) is 0 Å². The molecule has 1 atom stereocenters. The number of hydrogen-bond donors (Lipinski definition) is 0. The molecule has 0 saturated carbocycles. The zero-order valence-electron chi connectivity index (χ0n) is 12.9. The van der Waals surface area contributed by atoms with E-state index in [2.05, 4.69) is 0 Å². The summed E-state index contributed by atoms with van der Waals surface area (Å²) in [7, 11) is 1.59. The number of carbonyl (C=O) groups excluding carboxylic acids is 1. The minimum atomic E-state index is -2.57. The number of carbonyl (C=O) groups is 1. The van der Waals surface area contributed by atoms with Gasteiger partial charge in [0.1, 0.15) is 5.75 Å². The number of fused-ring (bicyclic) bond motifs is 1. The molecule has 0 amide bonds. The fraction of sp³-hybridized carbons (Fsp3) is 0.316. The van der Waals surface area contributed by atoms with Crippen molar-refractivity contribution in [3.63, 3.8) is 0 Å². The molecule has 0 fully saturated rings. The van der Waals surface area contributed by atoms with Gasteiger partial charge in [0.25, 0.3) is 6.43 Å². The van der Waals surface area contributed by atoms with Crippen molar-refractivity contribution in [3.05, 3.63) is 64.7 Å². The number of Topliss-reactive ketones (excluding diaryl/α,β-unsaturated/α-hetero) is 1. The number of benzene rings is 2. The Morgan fingerprint density at radius 1 is 1.17 bits per heavy atom. The molecule has 0 radical (unpaired) electrons. The second kappa shape index (κ2) is 6.49. The average molecular weight is 316 g/mol. The zero-order valence-corrected chi connectivity index (χ0v) is 12.9. The molecule has 0 aromatic heterocycles. The fourth-order valence-electron chi connectivity index (χ4n) is 3.28. The summed E-state index contributed by atoms with van der Waals surface area (Å²) in [5, 5.41) is 0. The van der Waals surface area contributed by atoms with Gasteiger partial charge in [-0.3, -0.25) is 4.79 Å². The minimum Gasteiger partial charge on any atom is -0.497 e. The van der Waals surface area contributed by atoms with Gasteiger partial charge in [0.15, 0.2) is 5.78 Å². The van der Waals surface area contributed by atoms with Gasteiger partial charge in [-0.15, -0.1) is 0 Å². The van der Waals surface area contributed by atoms with E-state index >= 15 is 0 Å². The molecule has 2 aromatic rings. The molecule has 4 heteroatoms. The Labute approximate surface area is 134 Å². The Balaban J connectivity index is 2.04. The Bertz CT molecular complexity index is 725. The van der Waals surface area contributed by atoms with Gasteiger partial charge < -0.3 is 4.74 Å². The number of hydrogen-bond acceptors (Lipinski definition) is 2. The molecule has 3 rings (SSSR count). The SMILES string of the molecule is COc1ccc2c(c1)CCCC(c1ccccc1C(F)F)C2=O. The number of aryl methyl sites for hydroxylation is 1. The standard InChI is InChI=1S/C19H18F2O2/c1-23-13-9-10-14-12(11-13)5-4-8-16(18(14)22)15-6-2-3-7-17(15)19(20)21/h2-3,6-7,9-11,16,19H,4-5,8H2,1H3. The van der Waals surface area contributed by atoms with E-state index in [1.54, 1.807) is 37.4 Å². The highest BCUT2D eigenvalue weighted by Crippen LogP contribution is 2.37. The fourth-order valence-corrected chi connectivity index (χ4v) is 3.28. The summed E-state index contributed by atoms with van der Waals surface area (Å²) >= 11 is 0.